The molecule has 0 saturated heterocycles. The van der Waals surface area contributed by atoms with E-state index in [1.807, 2.05) is 29.1 Å². The number of aromatic nitrogens is 2. The fourth-order valence-corrected chi connectivity index (χ4v) is 2.24. The third-order valence-corrected chi connectivity index (χ3v) is 3.52. The van der Waals surface area contributed by atoms with E-state index in [1.54, 1.807) is 12.4 Å². The Morgan fingerprint density at radius 3 is 2.91 bits per heavy atom. The van der Waals surface area contributed by atoms with E-state index in [4.69, 9.17) is 12.2 Å². The van der Waals surface area contributed by atoms with Crippen molar-refractivity contribution in [2.24, 2.45) is 5.10 Å². The van der Waals surface area contributed by atoms with E-state index >= 15 is 0 Å². The Kier molecular flexibility index (Phi) is 7.26. The molecule has 2 aromatic rings. The van der Waals surface area contributed by atoms with E-state index < -0.39 is 0 Å². The zero-order valence-corrected chi connectivity index (χ0v) is 14.2. The van der Waals surface area contributed by atoms with Gasteiger partial charge in [-0.2, -0.15) is 10.2 Å². The van der Waals surface area contributed by atoms with Gasteiger partial charge in [0.15, 0.2) is 5.11 Å². The predicted octanol–water partition coefficient (Wildman–Crippen LogP) is 2.92. The number of nitrogens with one attached hydrogen (secondary N) is 2. The molecule has 0 saturated carbocycles. The SMILES string of the molecule is CCCCCNC(=S)N/N=C\c1cnn(Cc2ccccc2)c1. The number of unbranched alkanes of at least 4 members (excludes halogenated alkanes) is 2. The summed E-state index contributed by atoms with van der Waals surface area (Å²) >= 11 is 5.15. The summed E-state index contributed by atoms with van der Waals surface area (Å²) in [6, 6.07) is 10.2. The van der Waals surface area contributed by atoms with Crippen molar-refractivity contribution in [3.05, 3.63) is 53.9 Å². The molecule has 1 aromatic heterocycles. The molecule has 0 aliphatic rings. The average Bonchev–Trinajstić information content (AvgIpc) is 3.00. The van der Waals surface area contributed by atoms with E-state index in [0.29, 0.717) is 5.11 Å². The molecule has 5 nitrogen and oxygen atoms in total. The summed E-state index contributed by atoms with van der Waals surface area (Å²) in [6.07, 6.45) is 8.98. The normalized spacial score (nSPS) is 10.8. The van der Waals surface area contributed by atoms with Gasteiger partial charge in [0.05, 0.1) is 19.0 Å². The van der Waals surface area contributed by atoms with Crippen LogP contribution in [0.5, 0.6) is 0 Å². The molecular formula is C17H23N5S. The molecule has 122 valence electrons. The highest BCUT2D eigenvalue weighted by molar-refractivity contribution is 7.80. The first-order valence-corrected chi connectivity index (χ1v) is 8.32. The maximum Gasteiger partial charge on any atom is 0.186 e. The summed E-state index contributed by atoms with van der Waals surface area (Å²) in [7, 11) is 0. The molecule has 1 heterocycles. The number of benzene rings is 1. The molecule has 2 rings (SSSR count). The molecule has 0 atom stereocenters. The third-order valence-electron chi connectivity index (χ3n) is 3.29. The van der Waals surface area contributed by atoms with Crippen LogP contribution in [0.1, 0.15) is 37.3 Å². The molecule has 0 amide bonds. The van der Waals surface area contributed by atoms with E-state index in [0.717, 1.165) is 25.1 Å². The van der Waals surface area contributed by atoms with Gasteiger partial charge in [0.1, 0.15) is 0 Å². The number of nitrogens with zero attached hydrogens (tertiary/aromatic N) is 3. The maximum absolute atomic E-state index is 5.15. The lowest BCUT2D eigenvalue weighted by molar-refractivity contribution is 0.687. The van der Waals surface area contributed by atoms with Gasteiger partial charge in [0.2, 0.25) is 0 Å². The summed E-state index contributed by atoms with van der Waals surface area (Å²) in [4.78, 5) is 0. The lowest BCUT2D eigenvalue weighted by Gasteiger charge is -2.05. The van der Waals surface area contributed by atoms with Gasteiger partial charge in [-0.15, -0.1) is 0 Å². The van der Waals surface area contributed by atoms with Crippen LogP contribution in [-0.4, -0.2) is 27.7 Å². The Labute approximate surface area is 142 Å². The minimum absolute atomic E-state index is 0.550. The highest BCUT2D eigenvalue weighted by Crippen LogP contribution is 2.02. The molecule has 2 N–H and O–H groups in total. The van der Waals surface area contributed by atoms with Gasteiger partial charge in [-0.05, 0) is 24.2 Å². The van der Waals surface area contributed by atoms with Crippen molar-refractivity contribution in [2.75, 3.05) is 6.54 Å². The van der Waals surface area contributed by atoms with Crippen molar-refractivity contribution in [3.63, 3.8) is 0 Å². The average molecular weight is 329 g/mol. The molecule has 0 spiro atoms. The van der Waals surface area contributed by atoms with Crippen LogP contribution >= 0.6 is 12.2 Å². The van der Waals surface area contributed by atoms with E-state index in [2.05, 4.69) is 40.0 Å². The van der Waals surface area contributed by atoms with Crippen molar-refractivity contribution >= 4 is 23.5 Å². The Hall–Kier alpha value is -2.21. The van der Waals surface area contributed by atoms with Crippen molar-refractivity contribution in [2.45, 2.75) is 32.7 Å². The zero-order valence-electron chi connectivity index (χ0n) is 13.4. The highest BCUT2D eigenvalue weighted by atomic mass is 32.1. The molecule has 0 unspecified atom stereocenters. The van der Waals surface area contributed by atoms with Crippen LogP contribution in [0.2, 0.25) is 0 Å². The zero-order chi connectivity index (χ0) is 16.3. The van der Waals surface area contributed by atoms with Crippen molar-refractivity contribution in [1.29, 1.82) is 0 Å². The van der Waals surface area contributed by atoms with Gasteiger partial charge in [-0.3, -0.25) is 10.1 Å². The molecule has 23 heavy (non-hydrogen) atoms. The van der Waals surface area contributed by atoms with Gasteiger partial charge in [0, 0.05) is 18.3 Å². The lowest BCUT2D eigenvalue weighted by Crippen LogP contribution is -2.32. The van der Waals surface area contributed by atoms with E-state index in [1.165, 1.54) is 18.4 Å². The van der Waals surface area contributed by atoms with Crippen molar-refractivity contribution in [3.8, 4) is 0 Å². The first-order chi connectivity index (χ1) is 11.3. The number of hydrogen-bond acceptors (Lipinski definition) is 3. The second-order valence-corrected chi connectivity index (χ2v) is 5.70. The molecular weight excluding hydrogens is 306 g/mol. The minimum Gasteiger partial charge on any atom is -0.361 e. The topological polar surface area (TPSA) is 54.2 Å². The highest BCUT2D eigenvalue weighted by Gasteiger charge is 1.98. The summed E-state index contributed by atoms with van der Waals surface area (Å²) in [6.45, 7) is 3.81. The van der Waals surface area contributed by atoms with Gasteiger partial charge >= 0.3 is 0 Å². The first-order valence-electron chi connectivity index (χ1n) is 7.91. The fraction of sp³-hybridized carbons (Fsp3) is 0.353. The predicted molar refractivity (Wildman–Crippen MR) is 98.6 cm³/mol. The molecule has 6 heteroatoms. The quantitative estimate of drug-likeness (QED) is 0.338. The number of hydrazone groups is 1. The number of rotatable bonds is 8. The molecule has 1 aromatic carbocycles. The standard InChI is InChI=1S/C17H23N5S/c1-2-3-7-10-18-17(23)21-19-11-16-12-20-22(14-16)13-15-8-5-4-6-9-15/h4-6,8-9,11-12,14H,2-3,7,10,13H2,1H3,(H2,18,21,23)/b19-11-. The second-order valence-electron chi connectivity index (χ2n) is 5.29. The van der Waals surface area contributed by atoms with E-state index in [9.17, 15) is 0 Å². The van der Waals surface area contributed by atoms with Crippen molar-refractivity contribution < 1.29 is 0 Å². The van der Waals surface area contributed by atoms with Crippen LogP contribution in [0.25, 0.3) is 0 Å². The molecule has 0 bridgehead atoms. The van der Waals surface area contributed by atoms with Crippen LogP contribution in [-0.2, 0) is 6.54 Å². The van der Waals surface area contributed by atoms with Crippen LogP contribution < -0.4 is 10.7 Å². The Morgan fingerprint density at radius 1 is 1.30 bits per heavy atom. The maximum atomic E-state index is 5.15. The third kappa shape index (κ3) is 6.61. The first kappa shape index (κ1) is 17.1. The minimum atomic E-state index is 0.550. The summed E-state index contributed by atoms with van der Waals surface area (Å²) in [5.74, 6) is 0. The summed E-state index contributed by atoms with van der Waals surface area (Å²) < 4.78 is 1.89. The van der Waals surface area contributed by atoms with Crippen LogP contribution in [0, 0.1) is 0 Å². The van der Waals surface area contributed by atoms with Gasteiger partial charge in [-0.25, -0.2) is 0 Å². The van der Waals surface area contributed by atoms with Crippen molar-refractivity contribution in [1.82, 2.24) is 20.5 Å². The summed E-state index contributed by atoms with van der Waals surface area (Å²) in [5, 5.41) is 12.1. The van der Waals surface area contributed by atoms with Crippen LogP contribution in [0.15, 0.2) is 47.8 Å². The molecule has 0 aliphatic heterocycles. The van der Waals surface area contributed by atoms with Gasteiger partial charge in [-0.1, -0.05) is 50.1 Å². The molecule has 0 aliphatic carbocycles. The van der Waals surface area contributed by atoms with Gasteiger partial charge < -0.3 is 5.32 Å². The summed E-state index contributed by atoms with van der Waals surface area (Å²) in [5.41, 5.74) is 4.97. The largest absolute Gasteiger partial charge is 0.361 e. The Bertz CT molecular complexity index is 621. The number of thiocarbonyl (C=S) groups is 1. The Morgan fingerprint density at radius 2 is 2.13 bits per heavy atom. The number of hydrogen-bond donors (Lipinski definition) is 2. The van der Waals surface area contributed by atoms with Crippen LogP contribution in [0.4, 0.5) is 0 Å². The van der Waals surface area contributed by atoms with Gasteiger partial charge in [0.25, 0.3) is 0 Å². The second kappa shape index (κ2) is 9.74. The monoisotopic (exact) mass is 329 g/mol. The molecule has 0 radical (unpaired) electrons. The smallest absolute Gasteiger partial charge is 0.186 e. The van der Waals surface area contributed by atoms with Crippen LogP contribution in [0.3, 0.4) is 0 Å². The molecule has 0 fully saturated rings. The lowest BCUT2D eigenvalue weighted by atomic mass is 10.2. The fourth-order valence-electron chi connectivity index (χ4n) is 2.09. The van der Waals surface area contributed by atoms with E-state index in [-0.39, 0.29) is 0 Å². The Balaban J connectivity index is 1.74.